The van der Waals surface area contributed by atoms with Crippen LogP contribution in [0.15, 0.2) is 41.1 Å². The van der Waals surface area contributed by atoms with Gasteiger partial charge in [-0.2, -0.15) is 0 Å². The van der Waals surface area contributed by atoms with Crippen molar-refractivity contribution in [2.45, 2.75) is 37.8 Å². The number of nitrogens with zero attached hydrogens (tertiary/aromatic N) is 2. The number of nitrogens with one attached hydrogen (secondary N) is 2. The molecule has 0 saturated heterocycles. The van der Waals surface area contributed by atoms with E-state index < -0.39 is 0 Å². The van der Waals surface area contributed by atoms with Gasteiger partial charge >= 0.3 is 0 Å². The van der Waals surface area contributed by atoms with Crippen LogP contribution < -0.4 is 5.32 Å². The number of hydrogen-bond donors (Lipinski definition) is 3. The Morgan fingerprint density at radius 1 is 1.17 bits per heavy atom. The van der Waals surface area contributed by atoms with Crippen molar-refractivity contribution in [3.05, 3.63) is 41.1 Å². The lowest BCUT2D eigenvalue weighted by atomic mass is 9.93. The molecule has 0 atom stereocenters. The average Bonchev–Trinajstić information content (AvgIpc) is 3.03. The molecule has 3 aromatic rings. The summed E-state index contributed by atoms with van der Waals surface area (Å²) in [4.78, 5) is 12.3. The summed E-state index contributed by atoms with van der Waals surface area (Å²) in [5.41, 5.74) is 3.03. The van der Waals surface area contributed by atoms with Gasteiger partial charge in [0.25, 0.3) is 0 Å². The topological polar surface area (TPSA) is 73.8 Å². The van der Waals surface area contributed by atoms with Gasteiger partial charge in [-0.3, -0.25) is 0 Å². The zero-order chi connectivity index (χ0) is 16.5. The molecular weight excluding hydrogens is 368 g/mol. The zero-order valence-corrected chi connectivity index (χ0v) is 14.8. The minimum atomic E-state index is -0.154. The molecular formula is C18H19BrN4O. The van der Waals surface area contributed by atoms with E-state index in [0.29, 0.717) is 12.0 Å². The molecule has 0 spiro atoms. The molecule has 4 rings (SSSR count). The fourth-order valence-electron chi connectivity index (χ4n) is 3.32. The first-order valence-electron chi connectivity index (χ1n) is 8.24. The van der Waals surface area contributed by atoms with Crippen LogP contribution in [0.3, 0.4) is 0 Å². The van der Waals surface area contributed by atoms with Crippen LogP contribution in [0.4, 0.5) is 5.95 Å². The number of rotatable bonds is 3. The number of anilines is 1. The van der Waals surface area contributed by atoms with Crippen LogP contribution in [0.25, 0.3) is 22.2 Å². The standard InChI is InChI=1S/C18H19BrN4O/c19-14-2-1-3-16-17(14)13(10-21-16)15-8-9-20-18(23-15)22-11-4-6-12(24)7-5-11/h1-3,8-12,21,24H,4-7H2,(H,20,22,23). The number of aliphatic hydroxyl groups is 1. The first-order valence-corrected chi connectivity index (χ1v) is 9.03. The first-order chi connectivity index (χ1) is 11.7. The van der Waals surface area contributed by atoms with E-state index in [1.807, 2.05) is 24.4 Å². The van der Waals surface area contributed by atoms with Gasteiger partial charge < -0.3 is 15.4 Å². The van der Waals surface area contributed by atoms with Crippen molar-refractivity contribution in [3.63, 3.8) is 0 Å². The van der Waals surface area contributed by atoms with Crippen LogP contribution in [-0.4, -0.2) is 32.2 Å². The van der Waals surface area contributed by atoms with Gasteiger partial charge in [0.2, 0.25) is 5.95 Å². The molecule has 24 heavy (non-hydrogen) atoms. The van der Waals surface area contributed by atoms with Crippen LogP contribution in [0.2, 0.25) is 0 Å². The summed E-state index contributed by atoms with van der Waals surface area (Å²) in [6, 6.07) is 8.36. The van der Waals surface area contributed by atoms with Crippen molar-refractivity contribution in [1.82, 2.24) is 15.0 Å². The number of fused-ring (bicyclic) bond motifs is 1. The summed E-state index contributed by atoms with van der Waals surface area (Å²) in [5.74, 6) is 0.648. The molecule has 1 aliphatic carbocycles. The molecule has 5 nitrogen and oxygen atoms in total. The first kappa shape index (κ1) is 15.6. The van der Waals surface area contributed by atoms with Crippen molar-refractivity contribution in [1.29, 1.82) is 0 Å². The molecule has 3 N–H and O–H groups in total. The molecule has 1 fully saturated rings. The molecule has 6 heteroatoms. The second-order valence-electron chi connectivity index (χ2n) is 6.28. The Hall–Kier alpha value is -1.92. The van der Waals surface area contributed by atoms with Gasteiger partial charge in [0, 0.05) is 39.4 Å². The normalized spacial score (nSPS) is 21.1. The van der Waals surface area contributed by atoms with Gasteiger partial charge in [-0.05, 0) is 43.9 Å². The molecule has 0 radical (unpaired) electrons. The number of aromatic amines is 1. The van der Waals surface area contributed by atoms with Crippen molar-refractivity contribution in [2.75, 3.05) is 5.32 Å². The molecule has 0 aliphatic heterocycles. The Labute approximate surface area is 148 Å². The van der Waals surface area contributed by atoms with Gasteiger partial charge in [-0.1, -0.05) is 22.0 Å². The minimum Gasteiger partial charge on any atom is -0.393 e. The predicted molar refractivity (Wildman–Crippen MR) is 98.9 cm³/mol. The lowest BCUT2D eigenvalue weighted by Gasteiger charge is -2.26. The van der Waals surface area contributed by atoms with Gasteiger partial charge in [-0.15, -0.1) is 0 Å². The molecule has 0 amide bonds. The van der Waals surface area contributed by atoms with Crippen molar-refractivity contribution >= 4 is 32.8 Å². The zero-order valence-electron chi connectivity index (χ0n) is 13.2. The Morgan fingerprint density at radius 2 is 2.00 bits per heavy atom. The summed E-state index contributed by atoms with van der Waals surface area (Å²) in [6.45, 7) is 0. The van der Waals surface area contributed by atoms with E-state index in [9.17, 15) is 5.11 Å². The lowest BCUT2D eigenvalue weighted by Crippen LogP contribution is -2.28. The minimum absolute atomic E-state index is 0.154. The van der Waals surface area contributed by atoms with E-state index in [2.05, 4.69) is 37.3 Å². The maximum Gasteiger partial charge on any atom is 0.223 e. The van der Waals surface area contributed by atoms with Gasteiger partial charge in [0.15, 0.2) is 0 Å². The number of benzene rings is 1. The Balaban J connectivity index is 1.62. The molecule has 1 aliphatic rings. The predicted octanol–water partition coefficient (Wildman–Crippen LogP) is 4.10. The maximum atomic E-state index is 9.62. The van der Waals surface area contributed by atoms with Crippen LogP contribution in [0.5, 0.6) is 0 Å². The fourth-order valence-corrected chi connectivity index (χ4v) is 3.90. The smallest absolute Gasteiger partial charge is 0.223 e. The van der Waals surface area contributed by atoms with Crippen LogP contribution in [-0.2, 0) is 0 Å². The van der Waals surface area contributed by atoms with Gasteiger partial charge in [0.1, 0.15) is 0 Å². The average molecular weight is 387 g/mol. The summed E-state index contributed by atoms with van der Waals surface area (Å²) < 4.78 is 1.05. The Bertz CT molecular complexity index is 855. The van der Waals surface area contributed by atoms with E-state index in [4.69, 9.17) is 4.98 Å². The second kappa shape index (κ2) is 6.53. The number of halogens is 1. The second-order valence-corrected chi connectivity index (χ2v) is 7.13. The molecule has 0 unspecified atom stereocenters. The molecule has 124 valence electrons. The number of H-pyrrole nitrogens is 1. The SMILES string of the molecule is OC1CCC(Nc2nccc(-c3c[nH]c4cccc(Br)c34)n2)CC1. The van der Waals surface area contributed by atoms with Crippen LogP contribution in [0.1, 0.15) is 25.7 Å². The molecule has 2 aromatic heterocycles. The van der Waals surface area contributed by atoms with Crippen molar-refractivity contribution in [2.24, 2.45) is 0 Å². The molecule has 1 aromatic carbocycles. The highest BCUT2D eigenvalue weighted by atomic mass is 79.9. The fraction of sp³-hybridized carbons (Fsp3) is 0.333. The highest BCUT2D eigenvalue weighted by Gasteiger charge is 2.20. The van der Waals surface area contributed by atoms with Crippen LogP contribution >= 0.6 is 15.9 Å². The Kier molecular flexibility index (Phi) is 4.24. The number of aromatic nitrogens is 3. The summed E-state index contributed by atoms with van der Waals surface area (Å²) >= 11 is 3.63. The monoisotopic (exact) mass is 386 g/mol. The maximum absolute atomic E-state index is 9.62. The van der Waals surface area contributed by atoms with Crippen LogP contribution in [0, 0.1) is 0 Å². The molecule has 1 saturated carbocycles. The van der Waals surface area contributed by atoms with E-state index in [1.165, 1.54) is 0 Å². The molecule has 2 heterocycles. The number of aliphatic hydroxyl groups excluding tert-OH is 1. The third-order valence-electron chi connectivity index (χ3n) is 4.62. The van der Waals surface area contributed by atoms with Gasteiger partial charge in [0.05, 0.1) is 11.8 Å². The largest absolute Gasteiger partial charge is 0.393 e. The van der Waals surface area contributed by atoms with E-state index in [1.54, 1.807) is 6.20 Å². The van der Waals surface area contributed by atoms with Crippen molar-refractivity contribution < 1.29 is 5.11 Å². The van der Waals surface area contributed by atoms with E-state index in [-0.39, 0.29) is 6.10 Å². The van der Waals surface area contributed by atoms with E-state index in [0.717, 1.165) is 52.3 Å². The summed E-state index contributed by atoms with van der Waals surface area (Å²) in [6.07, 6.45) is 7.20. The lowest BCUT2D eigenvalue weighted by molar-refractivity contribution is 0.126. The number of hydrogen-bond acceptors (Lipinski definition) is 4. The third kappa shape index (κ3) is 3.03. The summed E-state index contributed by atoms with van der Waals surface area (Å²) in [7, 11) is 0. The highest BCUT2D eigenvalue weighted by Crippen LogP contribution is 2.33. The third-order valence-corrected chi connectivity index (χ3v) is 5.28. The van der Waals surface area contributed by atoms with Crippen molar-refractivity contribution in [3.8, 4) is 11.3 Å². The highest BCUT2D eigenvalue weighted by molar-refractivity contribution is 9.10. The quantitative estimate of drug-likeness (QED) is 0.633. The summed E-state index contributed by atoms with van der Waals surface area (Å²) in [5, 5.41) is 14.2. The molecule has 0 bridgehead atoms. The Morgan fingerprint density at radius 3 is 2.83 bits per heavy atom. The van der Waals surface area contributed by atoms with Gasteiger partial charge in [-0.25, -0.2) is 9.97 Å². The van der Waals surface area contributed by atoms with E-state index >= 15 is 0 Å².